The molecule has 238 valence electrons. The standard InChI is InChI=1S/C36H40N6O4/c43-41(44)35-25-21-33(22-26-35)39-37-31-17-13-29(14-18-31)11-9-7-5-3-1-2-4-6-8-10-12-30-15-19-32(20-16-30)38-40-34-23-27-36(28-24-34)42(45)46/h13-28H,1-12H2. The minimum Gasteiger partial charge on any atom is -0.258 e. The maximum atomic E-state index is 10.7. The Kier molecular flexibility index (Phi) is 13.7. The lowest BCUT2D eigenvalue weighted by molar-refractivity contribution is -0.385. The predicted molar refractivity (Wildman–Crippen MR) is 181 cm³/mol. The first-order chi connectivity index (χ1) is 22.5. The third-order valence-electron chi connectivity index (χ3n) is 7.74. The van der Waals surface area contributed by atoms with Crippen molar-refractivity contribution in [3.05, 3.63) is 128 Å². The van der Waals surface area contributed by atoms with Crippen molar-refractivity contribution in [3.63, 3.8) is 0 Å². The molecule has 0 radical (unpaired) electrons. The highest BCUT2D eigenvalue weighted by atomic mass is 16.6. The quantitative estimate of drug-likeness (QED) is 0.0445. The molecule has 10 heteroatoms. The number of azo groups is 2. The van der Waals surface area contributed by atoms with Gasteiger partial charge >= 0.3 is 0 Å². The molecule has 0 atom stereocenters. The van der Waals surface area contributed by atoms with E-state index in [0.717, 1.165) is 24.2 Å². The minimum atomic E-state index is -0.430. The Morgan fingerprint density at radius 3 is 0.870 bits per heavy atom. The van der Waals surface area contributed by atoms with E-state index >= 15 is 0 Å². The molecule has 0 aromatic heterocycles. The molecule has 0 amide bonds. The van der Waals surface area contributed by atoms with Gasteiger partial charge in [-0.25, -0.2) is 0 Å². The van der Waals surface area contributed by atoms with Crippen LogP contribution in [0.1, 0.15) is 75.3 Å². The molecule has 4 aromatic rings. The van der Waals surface area contributed by atoms with Gasteiger partial charge in [-0.1, -0.05) is 75.6 Å². The molecule has 10 nitrogen and oxygen atoms in total. The second-order valence-corrected chi connectivity index (χ2v) is 11.3. The SMILES string of the molecule is O=[N+]([O-])c1ccc(N=Nc2ccc(CCCCCCCCCCCCc3ccc(N=Nc4ccc([N+](=O)[O-])cc4)cc3)cc2)cc1. The molecule has 46 heavy (non-hydrogen) atoms. The van der Waals surface area contributed by atoms with Crippen LogP contribution in [0.5, 0.6) is 0 Å². The number of nitrogens with zero attached hydrogens (tertiary/aromatic N) is 6. The third kappa shape index (κ3) is 12.1. The van der Waals surface area contributed by atoms with Gasteiger partial charge in [0.05, 0.1) is 32.6 Å². The Bertz CT molecular complexity index is 1450. The molecule has 0 saturated carbocycles. The van der Waals surface area contributed by atoms with Crippen LogP contribution in [0.4, 0.5) is 34.1 Å². The maximum Gasteiger partial charge on any atom is 0.269 e. The van der Waals surface area contributed by atoms with Crippen molar-refractivity contribution in [2.24, 2.45) is 20.5 Å². The summed E-state index contributed by atoms with van der Waals surface area (Å²) in [5.41, 5.74) is 5.37. The van der Waals surface area contributed by atoms with Gasteiger partial charge in [-0.2, -0.15) is 20.5 Å². The van der Waals surface area contributed by atoms with Crippen molar-refractivity contribution in [2.45, 2.75) is 77.0 Å². The summed E-state index contributed by atoms with van der Waals surface area (Å²) in [6.07, 6.45) is 14.8. The maximum absolute atomic E-state index is 10.7. The molecule has 4 aromatic carbocycles. The number of aryl methyl sites for hydroxylation is 2. The fourth-order valence-electron chi connectivity index (χ4n) is 5.04. The van der Waals surface area contributed by atoms with Gasteiger partial charge < -0.3 is 0 Å². The average molecular weight is 621 g/mol. The summed E-state index contributed by atoms with van der Waals surface area (Å²) >= 11 is 0. The lowest BCUT2D eigenvalue weighted by atomic mass is 10.0. The van der Waals surface area contributed by atoms with Gasteiger partial charge in [0.1, 0.15) is 0 Å². The first-order valence-corrected chi connectivity index (χ1v) is 16.0. The van der Waals surface area contributed by atoms with Crippen LogP contribution in [0.2, 0.25) is 0 Å². The molecule has 0 aliphatic heterocycles. The monoisotopic (exact) mass is 620 g/mol. The Morgan fingerprint density at radius 2 is 0.609 bits per heavy atom. The molecule has 0 aliphatic carbocycles. The zero-order valence-corrected chi connectivity index (χ0v) is 26.0. The van der Waals surface area contributed by atoms with Crippen LogP contribution in [0.3, 0.4) is 0 Å². The molecule has 0 N–H and O–H groups in total. The van der Waals surface area contributed by atoms with Gasteiger partial charge in [0, 0.05) is 24.3 Å². The van der Waals surface area contributed by atoms with Crippen LogP contribution in [0.25, 0.3) is 0 Å². The van der Waals surface area contributed by atoms with Crippen molar-refractivity contribution >= 4 is 34.1 Å². The van der Waals surface area contributed by atoms with Crippen molar-refractivity contribution in [1.82, 2.24) is 0 Å². The predicted octanol–water partition coefficient (Wildman–Crippen LogP) is 12.0. The number of unbranched alkanes of at least 4 members (excludes halogenated alkanes) is 9. The first kappa shape index (κ1) is 33.8. The van der Waals surface area contributed by atoms with Crippen LogP contribution in [-0.2, 0) is 12.8 Å². The number of rotatable bonds is 19. The summed E-state index contributed by atoms with van der Waals surface area (Å²) < 4.78 is 0. The van der Waals surface area contributed by atoms with E-state index in [0.29, 0.717) is 11.4 Å². The number of benzene rings is 4. The van der Waals surface area contributed by atoms with Crippen molar-refractivity contribution in [3.8, 4) is 0 Å². The molecule has 0 aliphatic rings. The fraction of sp³-hybridized carbons (Fsp3) is 0.333. The highest BCUT2D eigenvalue weighted by Gasteiger charge is 2.04. The van der Waals surface area contributed by atoms with Crippen molar-refractivity contribution in [1.29, 1.82) is 0 Å². The molecule has 0 heterocycles. The second-order valence-electron chi connectivity index (χ2n) is 11.3. The van der Waals surface area contributed by atoms with Crippen LogP contribution >= 0.6 is 0 Å². The lowest BCUT2D eigenvalue weighted by Crippen LogP contribution is -1.87. The van der Waals surface area contributed by atoms with E-state index in [1.54, 1.807) is 24.3 Å². The Hall–Kier alpha value is -5.12. The largest absolute Gasteiger partial charge is 0.269 e. The third-order valence-corrected chi connectivity index (χ3v) is 7.74. The molecule has 0 fully saturated rings. The molecule has 0 spiro atoms. The molecule has 0 unspecified atom stereocenters. The van der Waals surface area contributed by atoms with Gasteiger partial charge in [-0.05, 0) is 85.3 Å². The number of nitro groups is 2. The zero-order valence-electron chi connectivity index (χ0n) is 26.0. The van der Waals surface area contributed by atoms with Crippen molar-refractivity contribution in [2.75, 3.05) is 0 Å². The van der Waals surface area contributed by atoms with E-state index in [1.165, 1.54) is 99.6 Å². The molecular weight excluding hydrogens is 580 g/mol. The summed E-state index contributed by atoms with van der Waals surface area (Å²) in [6, 6.07) is 28.3. The van der Waals surface area contributed by atoms with E-state index in [-0.39, 0.29) is 11.4 Å². The summed E-state index contributed by atoms with van der Waals surface area (Å²) in [5.74, 6) is 0. The second kappa shape index (κ2) is 18.6. The Labute approximate surface area is 269 Å². The van der Waals surface area contributed by atoms with Crippen molar-refractivity contribution < 1.29 is 9.85 Å². The lowest BCUT2D eigenvalue weighted by Gasteiger charge is -2.04. The van der Waals surface area contributed by atoms with E-state index in [9.17, 15) is 20.2 Å². The Morgan fingerprint density at radius 1 is 0.370 bits per heavy atom. The Balaban J connectivity index is 0.981. The summed E-state index contributed by atoms with van der Waals surface area (Å²) in [7, 11) is 0. The molecular formula is C36H40N6O4. The van der Waals surface area contributed by atoms with Gasteiger partial charge in [-0.15, -0.1) is 0 Å². The van der Waals surface area contributed by atoms with Crippen LogP contribution in [0, 0.1) is 20.2 Å². The first-order valence-electron chi connectivity index (χ1n) is 16.0. The number of non-ortho nitro benzene ring substituents is 2. The van der Waals surface area contributed by atoms with Crippen LogP contribution in [-0.4, -0.2) is 9.85 Å². The topological polar surface area (TPSA) is 136 Å². The molecule has 0 bridgehead atoms. The zero-order chi connectivity index (χ0) is 32.4. The number of hydrogen-bond acceptors (Lipinski definition) is 8. The number of hydrogen-bond donors (Lipinski definition) is 0. The summed E-state index contributed by atoms with van der Waals surface area (Å²) in [5, 5.41) is 38.3. The van der Waals surface area contributed by atoms with E-state index < -0.39 is 9.85 Å². The van der Waals surface area contributed by atoms with Gasteiger partial charge in [0.2, 0.25) is 0 Å². The van der Waals surface area contributed by atoms with Crippen LogP contribution < -0.4 is 0 Å². The van der Waals surface area contributed by atoms with Gasteiger partial charge in [0.25, 0.3) is 11.4 Å². The van der Waals surface area contributed by atoms with E-state index in [4.69, 9.17) is 0 Å². The molecule has 0 saturated heterocycles. The average Bonchev–Trinajstić information content (AvgIpc) is 3.08. The highest BCUT2D eigenvalue weighted by molar-refractivity contribution is 5.46. The number of nitro benzene ring substituents is 2. The summed E-state index contributed by atoms with van der Waals surface area (Å²) in [6.45, 7) is 0. The highest BCUT2D eigenvalue weighted by Crippen LogP contribution is 2.24. The fourth-order valence-corrected chi connectivity index (χ4v) is 5.04. The normalized spacial score (nSPS) is 11.4. The smallest absolute Gasteiger partial charge is 0.258 e. The van der Waals surface area contributed by atoms with E-state index in [2.05, 4.69) is 44.7 Å². The summed E-state index contributed by atoms with van der Waals surface area (Å²) in [4.78, 5) is 20.6. The van der Waals surface area contributed by atoms with Crippen LogP contribution in [0.15, 0.2) is 118 Å². The van der Waals surface area contributed by atoms with E-state index in [1.807, 2.05) is 24.3 Å². The molecule has 4 rings (SSSR count). The van der Waals surface area contributed by atoms with Gasteiger partial charge in [-0.3, -0.25) is 20.2 Å². The van der Waals surface area contributed by atoms with Gasteiger partial charge in [0.15, 0.2) is 0 Å². The minimum absolute atomic E-state index is 0.0401.